The van der Waals surface area contributed by atoms with Gasteiger partial charge < -0.3 is 5.32 Å². The van der Waals surface area contributed by atoms with Gasteiger partial charge in [0, 0.05) is 18.4 Å². The van der Waals surface area contributed by atoms with Crippen molar-refractivity contribution in [3.63, 3.8) is 0 Å². The summed E-state index contributed by atoms with van der Waals surface area (Å²) in [5, 5.41) is 2.69. The highest BCUT2D eigenvalue weighted by Crippen LogP contribution is 2.23. The largest absolute Gasteiger partial charge is 0.391 e. The van der Waals surface area contributed by atoms with Crippen LogP contribution in [0.25, 0.3) is 11.2 Å². The van der Waals surface area contributed by atoms with Gasteiger partial charge in [0.2, 0.25) is 0 Å². The van der Waals surface area contributed by atoms with Gasteiger partial charge in [0.15, 0.2) is 5.65 Å². The molecular weight excluding hydrogens is 245 g/mol. The van der Waals surface area contributed by atoms with Gasteiger partial charge >= 0.3 is 6.18 Å². The van der Waals surface area contributed by atoms with E-state index in [1.54, 1.807) is 12.1 Å². The maximum atomic E-state index is 12.2. The summed E-state index contributed by atoms with van der Waals surface area (Å²) in [4.78, 5) is 12.1. The van der Waals surface area contributed by atoms with Crippen LogP contribution in [0.15, 0.2) is 24.5 Å². The van der Waals surface area contributed by atoms with Gasteiger partial charge in [-0.1, -0.05) is 0 Å². The number of halogens is 3. The highest BCUT2D eigenvalue weighted by Gasteiger charge is 2.30. The van der Waals surface area contributed by atoms with Gasteiger partial charge in [-0.15, -0.1) is 0 Å². The fourth-order valence-corrected chi connectivity index (χ4v) is 1.59. The van der Waals surface area contributed by atoms with Gasteiger partial charge in [-0.25, -0.2) is 9.97 Å². The van der Waals surface area contributed by atoms with Crippen LogP contribution in [0, 0.1) is 0 Å². The topological polar surface area (TPSA) is 50.7 Å². The third-order valence-corrected chi connectivity index (χ3v) is 2.26. The molecule has 2 heterocycles. The summed E-state index contributed by atoms with van der Waals surface area (Å²) in [5.74, 6) is 0.361. The zero-order chi connectivity index (χ0) is 13.2. The number of rotatable bonds is 3. The molecule has 4 nitrogen and oxygen atoms in total. The van der Waals surface area contributed by atoms with Crippen molar-refractivity contribution in [2.24, 2.45) is 0 Å². The predicted molar refractivity (Wildman–Crippen MR) is 61.1 cm³/mol. The summed E-state index contributed by atoms with van der Waals surface area (Å²) >= 11 is 0. The number of nitrogens with one attached hydrogen (secondary N) is 1. The third kappa shape index (κ3) is 3.28. The second-order valence-electron chi connectivity index (χ2n) is 3.96. The Bertz CT molecular complexity index is 541. The molecule has 0 spiro atoms. The first-order valence-electron chi connectivity index (χ1n) is 5.35. The average Bonchev–Trinajstić information content (AvgIpc) is 2.26. The number of hydrogen-bond donors (Lipinski definition) is 1. The molecule has 0 amide bonds. The van der Waals surface area contributed by atoms with Crippen LogP contribution in [0.1, 0.15) is 13.3 Å². The fourth-order valence-electron chi connectivity index (χ4n) is 1.59. The van der Waals surface area contributed by atoms with E-state index in [0.717, 1.165) is 0 Å². The van der Waals surface area contributed by atoms with E-state index in [1.807, 2.05) is 0 Å². The first-order valence-corrected chi connectivity index (χ1v) is 5.35. The molecule has 0 aromatic carbocycles. The highest BCUT2D eigenvalue weighted by molar-refractivity contribution is 5.71. The van der Waals surface area contributed by atoms with Crippen molar-refractivity contribution in [1.29, 1.82) is 0 Å². The Morgan fingerprint density at radius 2 is 1.94 bits per heavy atom. The Labute approximate surface area is 101 Å². The molecule has 2 rings (SSSR count). The first kappa shape index (κ1) is 12.5. The molecule has 1 N–H and O–H groups in total. The molecule has 7 heteroatoms. The molecule has 0 aliphatic carbocycles. The van der Waals surface area contributed by atoms with Crippen molar-refractivity contribution in [2.45, 2.75) is 25.6 Å². The smallest absolute Gasteiger partial charge is 0.367 e. The van der Waals surface area contributed by atoms with Crippen molar-refractivity contribution < 1.29 is 13.2 Å². The second-order valence-corrected chi connectivity index (χ2v) is 3.96. The third-order valence-electron chi connectivity index (χ3n) is 2.26. The maximum Gasteiger partial charge on any atom is 0.391 e. The molecule has 0 saturated carbocycles. The van der Waals surface area contributed by atoms with Crippen molar-refractivity contribution in [1.82, 2.24) is 15.0 Å². The number of nitrogens with zero attached hydrogens (tertiary/aromatic N) is 3. The predicted octanol–water partition coefficient (Wildman–Crippen LogP) is 2.78. The van der Waals surface area contributed by atoms with Gasteiger partial charge in [0.1, 0.15) is 11.3 Å². The Hall–Kier alpha value is -1.92. The molecule has 0 saturated heterocycles. The van der Waals surface area contributed by atoms with E-state index in [4.69, 9.17) is 0 Å². The molecule has 2 aromatic heterocycles. The molecule has 1 unspecified atom stereocenters. The van der Waals surface area contributed by atoms with Crippen molar-refractivity contribution in [3.8, 4) is 0 Å². The van der Waals surface area contributed by atoms with Crippen LogP contribution in [0.5, 0.6) is 0 Å². The summed E-state index contributed by atoms with van der Waals surface area (Å²) in [5.41, 5.74) is 1.01. The Balaban J connectivity index is 2.12. The van der Waals surface area contributed by atoms with E-state index in [9.17, 15) is 13.2 Å². The molecule has 0 radical (unpaired) electrons. The number of aromatic nitrogens is 3. The van der Waals surface area contributed by atoms with Crippen molar-refractivity contribution in [2.75, 3.05) is 5.32 Å². The van der Waals surface area contributed by atoms with Crippen molar-refractivity contribution in [3.05, 3.63) is 24.5 Å². The first-order chi connectivity index (χ1) is 8.44. The van der Waals surface area contributed by atoms with E-state index in [2.05, 4.69) is 20.3 Å². The zero-order valence-electron chi connectivity index (χ0n) is 9.57. The average molecular weight is 256 g/mol. The molecule has 0 bridgehead atoms. The van der Waals surface area contributed by atoms with Gasteiger partial charge in [-0.2, -0.15) is 13.2 Å². The van der Waals surface area contributed by atoms with E-state index in [-0.39, 0.29) is 0 Å². The molecule has 0 aliphatic rings. The summed E-state index contributed by atoms with van der Waals surface area (Å²) < 4.78 is 36.5. The van der Waals surface area contributed by atoms with Crippen LogP contribution in [0.4, 0.5) is 19.0 Å². The standard InChI is InChI=1S/C11H11F3N4/c1-7(6-11(12,13)14)17-9-3-2-8-10(18-9)16-5-4-15-8/h2-5,7H,6H2,1H3,(H,16,17,18). The van der Waals surface area contributed by atoms with Crippen LogP contribution < -0.4 is 5.32 Å². The number of anilines is 1. The summed E-state index contributed by atoms with van der Waals surface area (Å²) in [6, 6.07) is 2.51. The Kier molecular flexibility index (Phi) is 3.31. The SMILES string of the molecule is CC(CC(F)(F)F)Nc1ccc2nccnc2n1. The minimum Gasteiger partial charge on any atom is -0.367 e. The lowest BCUT2D eigenvalue weighted by atomic mass is 10.2. The lowest BCUT2D eigenvalue weighted by Gasteiger charge is -2.16. The molecule has 0 fully saturated rings. The van der Waals surface area contributed by atoms with E-state index < -0.39 is 18.6 Å². The van der Waals surface area contributed by atoms with E-state index in [1.165, 1.54) is 19.3 Å². The van der Waals surface area contributed by atoms with Crippen LogP contribution in [0.2, 0.25) is 0 Å². The number of alkyl halides is 3. The number of hydrogen-bond acceptors (Lipinski definition) is 4. The van der Waals surface area contributed by atoms with Gasteiger partial charge in [-0.05, 0) is 19.1 Å². The van der Waals surface area contributed by atoms with Crippen LogP contribution in [-0.2, 0) is 0 Å². The quantitative estimate of drug-likeness (QED) is 0.917. The second kappa shape index (κ2) is 4.75. The monoisotopic (exact) mass is 256 g/mol. The van der Waals surface area contributed by atoms with Crippen LogP contribution >= 0.6 is 0 Å². The summed E-state index contributed by atoms with van der Waals surface area (Å²) in [6.45, 7) is 1.45. The minimum absolute atomic E-state index is 0.361. The van der Waals surface area contributed by atoms with Gasteiger partial charge in [0.05, 0.1) is 6.42 Å². The lowest BCUT2D eigenvalue weighted by molar-refractivity contribution is -0.136. The minimum atomic E-state index is -4.19. The lowest BCUT2D eigenvalue weighted by Crippen LogP contribution is -2.24. The molecule has 1 atom stereocenters. The van der Waals surface area contributed by atoms with Crippen LogP contribution in [-0.4, -0.2) is 27.2 Å². The van der Waals surface area contributed by atoms with Gasteiger partial charge in [-0.3, -0.25) is 4.98 Å². The molecule has 0 aliphatic heterocycles. The Morgan fingerprint density at radius 1 is 1.22 bits per heavy atom. The Morgan fingerprint density at radius 3 is 2.67 bits per heavy atom. The molecule has 96 valence electrons. The normalized spacial score (nSPS) is 13.6. The summed E-state index contributed by atoms with van der Waals surface area (Å²) in [6.07, 6.45) is -2.09. The number of fused-ring (bicyclic) bond motifs is 1. The maximum absolute atomic E-state index is 12.2. The van der Waals surface area contributed by atoms with Gasteiger partial charge in [0.25, 0.3) is 0 Å². The molecule has 2 aromatic rings. The highest BCUT2D eigenvalue weighted by atomic mass is 19.4. The number of pyridine rings is 1. The fraction of sp³-hybridized carbons (Fsp3) is 0.364. The van der Waals surface area contributed by atoms with E-state index in [0.29, 0.717) is 17.0 Å². The summed E-state index contributed by atoms with van der Waals surface area (Å²) in [7, 11) is 0. The zero-order valence-corrected chi connectivity index (χ0v) is 9.57. The van der Waals surface area contributed by atoms with Crippen LogP contribution in [0.3, 0.4) is 0 Å². The van der Waals surface area contributed by atoms with Crippen molar-refractivity contribution >= 4 is 17.0 Å². The molecular formula is C11H11F3N4. The molecule has 18 heavy (non-hydrogen) atoms. The van der Waals surface area contributed by atoms with E-state index >= 15 is 0 Å².